The van der Waals surface area contributed by atoms with Gasteiger partial charge in [0.2, 0.25) is 0 Å². The Hall–Kier alpha value is -6.14. The highest BCUT2D eigenvalue weighted by molar-refractivity contribution is 5.98. The molecule has 2 aromatic carbocycles. The van der Waals surface area contributed by atoms with Crippen LogP contribution in [0.1, 0.15) is 36.0 Å². The summed E-state index contributed by atoms with van der Waals surface area (Å²) < 4.78 is 1.89. The lowest BCUT2D eigenvalue weighted by Gasteiger charge is -2.31. The molecule has 1 saturated heterocycles. The zero-order valence-electron chi connectivity index (χ0n) is 27.0. The fourth-order valence-corrected chi connectivity index (χ4v) is 6.48. The number of likely N-dealkylation sites (tertiary alicyclic amines) is 1. The highest BCUT2D eigenvalue weighted by Crippen LogP contribution is 2.35. The summed E-state index contributed by atoms with van der Waals surface area (Å²) in [5, 5.41) is 24.9. The predicted octanol–water partition coefficient (Wildman–Crippen LogP) is 6.73. The topological polar surface area (TPSA) is 138 Å². The van der Waals surface area contributed by atoms with Crippen LogP contribution >= 0.6 is 0 Å². The third-order valence-corrected chi connectivity index (χ3v) is 9.01. The van der Waals surface area contributed by atoms with E-state index in [0.29, 0.717) is 28.9 Å². The number of piperidine rings is 1. The molecule has 1 fully saturated rings. The molecular weight excluding hydrogens is 612 g/mol. The van der Waals surface area contributed by atoms with E-state index in [2.05, 4.69) is 95.1 Å². The number of pyridine rings is 3. The maximum Gasteiger partial charge on any atom is 0.199 e. The lowest BCUT2D eigenvalue weighted by Crippen LogP contribution is -2.32. The van der Waals surface area contributed by atoms with Crippen LogP contribution in [-0.4, -0.2) is 64.8 Å². The molecule has 242 valence electrons. The number of hydrogen-bond acceptors (Lipinski definition) is 9. The molecule has 5 aromatic heterocycles. The Morgan fingerprint density at radius 1 is 0.939 bits per heavy atom. The third-order valence-electron chi connectivity index (χ3n) is 9.01. The number of nitrogens with zero attached hydrogens (tertiary/aromatic N) is 10. The van der Waals surface area contributed by atoms with Gasteiger partial charge in [-0.3, -0.25) is 24.8 Å². The number of fused-ring (bicyclic) bond motifs is 3. The van der Waals surface area contributed by atoms with E-state index < -0.39 is 0 Å². The molecule has 0 amide bonds. The third kappa shape index (κ3) is 6.05. The number of H-pyrrole nitrogens is 1. The van der Waals surface area contributed by atoms with Crippen molar-refractivity contribution in [1.82, 2.24) is 50.1 Å². The Morgan fingerprint density at radius 3 is 2.53 bits per heavy atom. The Morgan fingerprint density at radius 2 is 1.76 bits per heavy atom. The molecule has 0 radical (unpaired) electrons. The normalized spacial score (nSPS) is 14.2. The molecule has 0 aliphatic carbocycles. The highest BCUT2D eigenvalue weighted by atomic mass is 15.4. The molecule has 0 atom stereocenters. The summed E-state index contributed by atoms with van der Waals surface area (Å²) in [6, 6.07) is 29.1. The summed E-state index contributed by atoms with van der Waals surface area (Å²) in [6.45, 7) is 6.94. The first kappa shape index (κ1) is 30.2. The highest BCUT2D eigenvalue weighted by Gasteiger charge is 2.24. The summed E-state index contributed by atoms with van der Waals surface area (Å²) in [6.07, 6.45) is 5.75. The minimum absolute atomic E-state index is 0.368. The number of aromatic nitrogens is 8. The van der Waals surface area contributed by atoms with Gasteiger partial charge in [0.25, 0.3) is 0 Å². The SMILES string of the molecule is C=C(NN=NC)c1nnc2c3cc(-c4ccccc4)c(-c4ccc(CN5CCC(c6nc(-c7ccccn7)n[nH]6)CC5)cc4)nc3ccn12. The van der Waals surface area contributed by atoms with Gasteiger partial charge in [-0.1, -0.05) is 72.5 Å². The van der Waals surface area contributed by atoms with E-state index in [9.17, 15) is 0 Å². The summed E-state index contributed by atoms with van der Waals surface area (Å²) in [5.41, 5.74) is 11.0. The smallest absolute Gasteiger partial charge is 0.199 e. The van der Waals surface area contributed by atoms with Gasteiger partial charge >= 0.3 is 0 Å². The average molecular weight is 647 g/mol. The molecule has 6 heterocycles. The van der Waals surface area contributed by atoms with Crippen LogP contribution in [0, 0.1) is 0 Å². The fourth-order valence-electron chi connectivity index (χ4n) is 6.48. The molecule has 1 aliphatic rings. The van der Waals surface area contributed by atoms with Gasteiger partial charge in [0, 0.05) is 41.4 Å². The van der Waals surface area contributed by atoms with E-state index in [-0.39, 0.29) is 0 Å². The van der Waals surface area contributed by atoms with Crippen molar-refractivity contribution in [3.8, 4) is 33.9 Å². The Balaban J connectivity index is 1.02. The van der Waals surface area contributed by atoms with E-state index in [0.717, 1.165) is 77.3 Å². The fraction of sp³-hybridized carbons (Fsp3) is 0.189. The van der Waals surface area contributed by atoms with Gasteiger partial charge in [0.1, 0.15) is 11.5 Å². The predicted molar refractivity (Wildman–Crippen MR) is 189 cm³/mol. The molecule has 12 nitrogen and oxygen atoms in total. The number of hydrogen-bond donors (Lipinski definition) is 2. The van der Waals surface area contributed by atoms with E-state index in [4.69, 9.17) is 9.97 Å². The number of benzene rings is 2. The minimum atomic E-state index is 0.368. The second-order valence-corrected chi connectivity index (χ2v) is 12.1. The van der Waals surface area contributed by atoms with Gasteiger partial charge < -0.3 is 0 Å². The monoisotopic (exact) mass is 646 g/mol. The lowest BCUT2D eigenvalue weighted by atomic mass is 9.95. The van der Waals surface area contributed by atoms with E-state index >= 15 is 0 Å². The first-order chi connectivity index (χ1) is 24.1. The van der Waals surface area contributed by atoms with Crippen molar-refractivity contribution in [2.75, 3.05) is 20.1 Å². The lowest BCUT2D eigenvalue weighted by molar-refractivity contribution is 0.202. The van der Waals surface area contributed by atoms with Gasteiger partial charge in [0.05, 0.1) is 24.0 Å². The quantitative estimate of drug-likeness (QED) is 0.130. The largest absolute Gasteiger partial charge is 0.299 e. The molecule has 0 unspecified atom stereocenters. The van der Waals surface area contributed by atoms with Crippen LogP contribution in [0.15, 0.2) is 114 Å². The number of aromatic amines is 1. The van der Waals surface area contributed by atoms with Crippen molar-refractivity contribution < 1.29 is 0 Å². The van der Waals surface area contributed by atoms with Gasteiger partial charge in [0.15, 0.2) is 17.3 Å². The zero-order valence-corrected chi connectivity index (χ0v) is 27.0. The summed E-state index contributed by atoms with van der Waals surface area (Å²) >= 11 is 0. The second kappa shape index (κ2) is 13.2. The maximum atomic E-state index is 5.20. The van der Waals surface area contributed by atoms with Gasteiger partial charge in [-0.05, 0) is 61.3 Å². The minimum Gasteiger partial charge on any atom is -0.299 e. The van der Waals surface area contributed by atoms with E-state index in [1.54, 1.807) is 13.2 Å². The van der Waals surface area contributed by atoms with Crippen molar-refractivity contribution >= 4 is 22.2 Å². The molecule has 0 spiro atoms. The van der Waals surface area contributed by atoms with Gasteiger partial charge in [-0.25, -0.2) is 9.97 Å². The molecular formula is C37H34N12. The van der Waals surface area contributed by atoms with Crippen molar-refractivity contribution in [2.45, 2.75) is 25.3 Å². The molecule has 7 aromatic rings. The Kier molecular flexibility index (Phi) is 8.12. The van der Waals surface area contributed by atoms with Crippen LogP contribution in [0.2, 0.25) is 0 Å². The summed E-state index contributed by atoms with van der Waals surface area (Å²) in [7, 11) is 1.59. The molecule has 49 heavy (non-hydrogen) atoms. The standard InChI is InChI=1S/C37H34N12/c1-24(42-47-38-2)36-45-46-37-30-22-29(26-8-4-3-5-9-26)33(40-31(30)17-21-49(36)37)27-13-11-25(12-14-27)23-48-19-15-28(16-20-48)34-41-35(44-43-34)32-10-6-7-18-39-32/h3-14,17-18,21-22,28H,1,15-16,19-20,23H2,2H3,(H,38,42)(H,41,43,44). The second-order valence-electron chi connectivity index (χ2n) is 12.1. The van der Waals surface area contributed by atoms with Crippen LogP contribution < -0.4 is 5.43 Å². The summed E-state index contributed by atoms with van der Waals surface area (Å²) in [5.74, 6) is 2.54. The maximum absolute atomic E-state index is 5.20. The van der Waals surface area contributed by atoms with Crippen LogP contribution in [0.5, 0.6) is 0 Å². The molecule has 0 bridgehead atoms. The van der Waals surface area contributed by atoms with Crippen molar-refractivity contribution in [3.05, 3.63) is 121 Å². The van der Waals surface area contributed by atoms with Crippen LogP contribution in [0.3, 0.4) is 0 Å². The summed E-state index contributed by atoms with van der Waals surface area (Å²) in [4.78, 5) is 16.8. The van der Waals surface area contributed by atoms with Crippen LogP contribution in [0.4, 0.5) is 0 Å². The number of rotatable bonds is 9. The van der Waals surface area contributed by atoms with Crippen molar-refractivity contribution in [2.24, 2.45) is 10.3 Å². The van der Waals surface area contributed by atoms with E-state index in [1.807, 2.05) is 53.1 Å². The van der Waals surface area contributed by atoms with Crippen LogP contribution in [0.25, 0.3) is 56.1 Å². The molecule has 2 N–H and O–H groups in total. The average Bonchev–Trinajstić information content (AvgIpc) is 3.84. The van der Waals surface area contributed by atoms with Crippen LogP contribution in [-0.2, 0) is 6.54 Å². The number of nitrogens with one attached hydrogen (secondary N) is 2. The zero-order chi connectivity index (χ0) is 33.2. The van der Waals surface area contributed by atoms with E-state index in [1.165, 1.54) is 5.56 Å². The molecule has 8 rings (SSSR count). The molecule has 12 heteroatoms. The van der Waals surface area contributed by atoms with Gasteiger partial charge in [-0.15, -0.1) is 10.2 Å². The first-order valence-corrected chi connectivity index (χ1v) is 16.3. The van der Waals surface area contributed by atoms with Crippen molar-refractivity contribution in [1.29, 1.82) is 0 Å². The molecule has 0 saturated carbocycles. The van der Waals surface area contributed by atoms with Crippen molar-refractivity contribution in [3.63, 3.8) is 0 Å². The molecule has 1 aliphatic heterocycles. The Bertz CT molecular complexity index is 2270. The van der Waals surface area contributed by atoms with Gasteiger partial charge in [-0.2, -0.15) is 10.2 Å². The Labute approximate surface area is 282 Å². The first-order valence-electron chi connectivity index (χ1n) is 16.3.